The maximum Gasteiger partial charge on any atom is 0.236 e. The number of Topliss-reactive ketones (excluding diaryl/α,β-unsaturated/α-hetero) is 1. The highest BCUT2D eigenvalue weighted by atomic mass is 16.1. The third-order valence-electron chi connectivity index (χ3n) is 1.40. The molecule has 1 aromatic carbocycles. The number of carbonyl (C=O) groups is 1. The molecule has 62 valence electrons. The van der Waals surface area contributed by atoms with Crippen molar-refractivity contribution >= 4 is 5.78 Å². The van der Waals surface area contributed by atoms with E-state index in [4.69, 9.17) is 0 Å². The van der Waals surface area contributed by atoms with Crippen molar-refractivity contribution in [1.29, 1.82) is 0 Å². The van der Waals surface area contributed by atoms with Gasteiger partial charge in [-0.25, -0.2) is 0 Å². The summed E-state index contributed by atoms with van der Waals surface area (Å²) in [4.78, 5) is 11.3. The number of hydrogen-bond acceptors (Lipinski definition) is 1. The van der Waals surface area contributed by atoms with E-state index in [1.807, 2.05) is 6.07 Å². The summed E-state index contributed by atoms with van der Waals surface area (Å²) >= 11 is 0. The number of carbonyl (C=O) groups excluding carboxylic acids is 1. The average Bonchev–Trinajstić information content (AvgIpc) is 2.19. The fraction of sp³-hybridized carbons (Fsp3) is 0.0833. The summed E-state index contributed by atoms with van der Waals surface area (Å²) in [5, 5.41) is 0. The third-order valence-corrected chi connectivity index (χ3v) is 1.40. The van der Waals surface area contributed by atoms with Crippen molar-refractivity contribution < 1.29 is 4.79 Å². The molecule has 0 bridgehead atoms. The predicted octanol–water partition coefficient (Wildman–Crippen LogP) is 1.90. The fourth-order valence-electron chi connectivity index (χ4n) is 0.812. The quantitative estimate of drug-likeness (QED) is 0.355. The molecule has 1 heteroatoms. The van der Waals surface area contributed by atoms with Crippen molar-refractivity contribution in [2.75, 3.05) is 0 Å². The Balaban J connectivity index is 2.81. The standard InChI is InChI=1S/C12H8O/c1-2-3-5-10-12(13)11-8-6-4-7-9-11/h4,6-9H,1H3. The fourth-order valence-corrected chi connectivity index (χ4v) is 0.812. The Morgan fingerprint density at radius 2 is 1.85 bits per heavy atom. The molecule has 0 radical (unpaired) electrons. The van der Waals surface area contributed by atoms with Crippen molar-refractivity contribution in [3.05, 3.63) is 35.9 Å². The normalized spacial score (nSPS) is 7.46. The molecule has 0 saturated carbocycles. The molecule has 1 rings (SSSR count). The van der Waals surface area contributed by atoms with Crippen LogP contribution in [0.3, 0.4) is 0 Å². The minimum Gasteiger partial charge on any atom is -0.279 e. The lowest BCUT2D eigenvalue weighted by molar-refractivity contribution is 0.105. The molecule has 1 nitrogen and oxygen atoms in total. The molecule has 0 fully saturated rings. The lowest BCUT2D eigenvalue weighted by Crippen LogP contribution is -1.92. The van der Waals surface area contributed by atoms with Crippen molar-refractivity contribution in [2.45, 2.75) is 6.92 Å². The minimum atomic E-state index is -0.191. The van der Waals surface area contributed by atoms with Gasteiger partial charge in [0.2, 0.25) is 5.78 Å². The molecule has 0 spiro atoms. The van der Waals surface area contributed by atoms with Crippen LogP contribution in [0.5, 0.6) is 0 Å². The Hall–Kier alpha value is -1.99. The Labute approximate surface area is 77.8 Å². The van der Waals surface area contributed by atoms with Crippen LogP contribution in [0.15, 0.2) is 30.3 Å². The molecule has 0 heterocycles. The summed E-state index contributed by atoms with van der Waals surface area (Å²) in [6.07, 6.45) is 0. The van der Waals surface area contributed by atoms with E-state index in [1.165, 1.54) is 0 Å². The maximum absolute atomic E-state index is 11.3. The monoisotopic (exact) mass is 168 g/mol. The highest BCUT2D eigenvalue weighted by Crippen LogP contribution is 1.98. The third kappa shape index (κ3) is 2.85. The summed E-state index contributed by atoms with van der Waals surface area (Å²) in [5.41, 5.74) is 0.605. The Kier molecular flexibility index (Phi) is 3.36. The van der Waals surface area contributed by atoms with Gasteiger partial charge in [0.15, 0.2) is 0 Å². The van der Waals surface area contributed by atoms with Crippen LogP contribution in [0.2, 0.25) is 0 Å². The van der Waals surface area contributed by atoms with Crippen molar-refractivity contribution in [2.24, 2.45) is 0 Å². The van der Waals surface area contributed by atoms with Crippen LogP contribution in [0, 0.1) is 23.7 Å². The zero-order chi connectivity index (χ0) is 9.52. The van der Waals surface area contributed by atoms with Crippen LogP contribution in [0.25, 0.3) is 0 Å². The first-order valence-electron chi connectivity index (χ1n) is 3.86. The van der Waals surface area contributed by atoms with Gasteiger partial charge in [-0.2, -0.15) is 0 Å². The van der Waals surface area contributed by atoms with Crippen LogP contribution in [0.4, 0.5) is 0 Å². The van der Waals surface area contributed by atoms with E-state index in [1.54, 1.807) is 31.2 Å². The molecule has 13 heavy (non-hydrogen) atoms. The second-order valence-electron chi connectivity index (χ2n) is 2.32. The van der Waals surface area contributed by atoms with Crippen molar-refractivity contribution in [3.8, 4) is 23.7 Å². The van der Waals surface area contributed by atoms with E-state index in [0.29, 0.717) is 5.56 Å². The first-order chi connectivity index (χ1) is 6.34. The molecular formula is C12H8O. The van der Waals surface area contributed by atoms with Crippen molar-refractivity contribution in [3.63, 3.8) is 0 Å². The van der Waals surface area contributed by atoms with E-state index in [9.17, 15) is 4.79 Å². The SMILES string of the molecule is CC#CC#CC(=O)c1ccccc1. The number of hydrogen-bond donors (Lipinski definition) is 0. The van der Waals surface area contributed by atoms with Gasteiger partial charge in [0.05, 0.1) is 0 Å². The molecule has 0 saturated heterocycles. The Morgan fingerprint density at radius 3 is 2.46 bits per heavy atom. The van der Waals surface area contributed by atoms with E-state index in [2.05, 4.69) is 23.7 Å². The summed E-state index contributed by atoms with van der Waals surface area (Å²) < 4.78 is 0. The lowest BCUT2D eigenvalue weighted by atomic mass is 10.1. The molecule has 0 atom stereocenters. The van der Waals surface area contributed by atoms with Crippen LogP contribution in [-0.2, 0) is 0 Å². The smallest absolute Gasteiger partial charge is 0.236 e. The molecule has 0 aliphatic carbocycles. The zero-order valence-electron chi connectivity index (χ0n) is 7.29. The van der Waals surface area contributed by atoms with E-state index >= 15 is 0 Å². The van der Waals surface area contributed by atoms with Crippen LogP contribution in [-0.4, -0.2) is 5.78 Å². The second kappa shape index (κ2) is 4.80. The van der Waals surface area contributed by atoms with Gasteiger partial charge in [0, 0.05) is 5.56 Å². The van der Waals surface area contributed by atoms with Crippen LogP contribution >= 0.6 is 0 Å². The van der Waals surface area contributed by atoms with Gasteiger partial charge in [-0.15, -0.1) is 0 Å². The van der Waals surface area contributed by atoms with Gasteiger partial charge in [0.1, 0.15) is 0 Å². The maximum atomic E-state index is 11.3. The summed E-state index contributed by atoms with van der Waals surface area (Å²) in [7, 11) is 0. The first kappa shape index (κ1) is 9.10. The molecule has 0 unspecified atom stereocenters. The number of ketones is 1. The molecule has 0 N–H and O–H groups in total. The zero-order valence-corrected chi connectivity index (χ0v) is 7.29. The van der Waals surface area contributed by atoms with Crippen LogP contribution in [0.1, 0.15) is 17.3 Å². The lowest BCUT2D eigenvalue weighted by Gasteiger charge is -1.89. The summed E-state index contributed by atoms with van der Waals surface area (Å²) in [6, 6.07) is 8.93. The van der Waals surface area contributed by atoms with Gasteiger partial charge in [-0.05, 0) is 24.7 Å². The molecule has 0 aliphatic heterocycles. The van der Waals surface area contributed by atoms with Gasteiger partial charge in [-0.1, -0.05) is 36.3 Å². The first-order valence-corrected chi connectivity index (χ1v) is 3.86. The largest absolute Gasteiger partial charge is 0.279 e. The topological polar surface area (TPSA) is 17.1 Å². The molecule has 1 aromatic rings. The Bertz CT molecular complexity index is 407. The van der Waals surface area contributed by atoms with Crippen LogP contribution < -0.4 is 0 Å². The van der Waals surface area contributed by atoms with E-state index in [0.717, 1.165) is 0 Å². The predicted molar refractivity (Wildman–Crippen MR) is 52.0 cm³/mol. The van der Waals surface area contributed by atoms with Crippen molar-refractivity contribution in [1.82, 2.24) is 0 Å². The average molecular weight is 168 g/mol. The molecule has 0 amide bonds. The van der Waals surface area contributed by atoms with E-state index in [-0.39, 0.29) is 5.78 Å². The minimum absolute atomic E-state index is 0.191. The van der Waals surface area contributed by atoms with Gasteiger partial charge in [0.25, 0.3) is 0 Å². The molecular weight excluding hydrogens is 160 g/mol. The Morgan fingerprint density at radius 1 is 1.15 bits per heavy atom. The van der Waals surface area contributed by atoms with Gasteiger partial charge >= 0.3 is 0 Å². The highest BCUT2D eigenvalue weighted by Gasteiger charge is 1.97. The summed E-state index contributed by atoms with van der Waals surface area (Å²) in [6.45, 7) is 1.68. The molecule has 0 aromatic heterocycles. The summed E-state index contributed by atoms with van der Waals surface area (Å²) in [5.74, 6) is 9.83. The molecule has 0 aliphatic rings. The number of rotatable bonds is 1. The second-order valence-corrected chi connectivity index (χ2v) is 2.32. The highest BCUT2D eigenvalue weighted by molar-refractivity contribution is 6.09. The number of benzene rings is 1. The van der Waals surface area contributed by atoms with E-state index < -0.39 is 0 Å². The van der Waals surface area contributed by atoms with Gasteiger partial charge < -0.3 is 0 Å². The van der Waals surface area contributed by atoms with Gasteiger partial charge in [-0.3, -0.25) is 4.79 Å².